The van der Waals surface area contributed by atoms with E-state index in [1.807, 2.05) is 0 Å². The monoisotopic (exact) mass is 540 g/mol. The van der Waals surface area contributed by atoms with E-state index >= 15 is 0 Å². The highest BCUT2D eigenvalue weighted by molar-refractivity contribution is 9.10. The number of hydrogen-bond donors (Lipinski definition) is 0. The molecule has 0 fully saturated rings. The molecule has 1 aliphatic rings. The normalized spacial score (nSPS) is 14.0. The fraction of sp³-hybridized carbons (Fsp3) is 0.120. The van der Waals surface area contributed by atoms with Crippen LogP contribution in [0.2, 0.25) is 0 Å². The van der Waals surface area contributed by atoms with E-state index in [-0.39, 0.29) is 29.7 Å². The fourth-order valence-electron chi connectivity index (χ4n) is 3.38. The second-order valence-corrected chi connectivity index (χ2v) is 8.40. The van der Waals surface area contributed by atoms with E-state index < -0.39 is 10.9 Å². The van der Waals surface area contributed by atoms with Gasteiger partial charge in [0.05, 0.1) is 16.5 Å². The van der Waals surface area contributed by atoms with E-state index in [2.05, 4.69) is 20.9 Å². The zero-order chi connectivity index (χ0) is 25.1. The number of nitro benzene ring substituents is 1. The van der Waals surface area contributed by atoms with Crippen molar-refractivity contribution in [2.24, 2.45) is 4.99 Å². The third kappa shape index (κ3) is 5.38. The number of aliphatic imine (C=N–C) groups is 1. The SMILES string of the molecule is COc1cc(/C=C2\N=C(c3ccc([N+](=O)[O-])c(C)c3)OC2=O)cc(Br)c1OCc1ccc(F)cc1. The van der Waals surface area contributed by atoms with Gasteiger partial charge in [0.2, 0.25) is 5.90 Å². The van der Waals surface area contributed by atoms with Crippen LogP contribution in [-0.2, 0) is 16.1 Å². The summed E-state index contributed by atoms with van der Waals surface area (Å²) in [7, 11) is 1.49. The molecule has 0 amide bonds. The lowest BCUT2D eigenvalue weighted by atomic mass is 10.1. The average Bonchev–Trinajstić information content (AvgIpc) is 3.18. The van der Waals surface area contributed by atoms with E-state index in [4.69, 9.17) is 14.2 Å². The lowest BCUT2D eigenvalue weighted by molar-refractivity contribution is -0.385. The molecule has 8 nitrogen and oxygen atoms in total. The van der Waals surface area contributed by atoms with Crippen LogP contribution in [0.3, 0.4) is 0 Å². The van der Waals surface area contributed by atoms with Gasteiger partial charge in [-0.1, -0.05) is 12.1 Å². The minimum atomic E-state index is -0.650. The van der Waals surface area contributed by atoms with Crippen molar-refractivity contribution in [2.75, 3.05) is 7.11 Å². The number of methoxy groups -OCH3 is 1. The van der Waals surface area contributed by atoms with E-state index in [0.717, 1.165) is 5.56 Å². The molecule has 0 aliphatic carbocycles. The molecule has 0 saturated carbocycles. The summed E-state index contributed by atoms with van der Waals surface area (Å²) in [6.45, 7) is 1.80. The van der Waals surface area contributed by atoms with Crippen LogP contribution in [0.15, 0.2) is 69.8 Å². The maximum atomic E-state index is 13.1. The maximum absolute atomic E-state index is 13.1. The lowest BCUT2D eigenvalue weighted by Gasteiger charge is -2.13. The number of rotatable bonds is 7. The summed E-state index contributed by atoms with van der Waals surface area (Å²) in [5, 5.41) is 11.0. The van der Waals surface area contributed by atoms with Crippen molar-refractivity contribution in [1.82, 2.24) is 0 Å². The second-order valence-electron chi connectivity index (χ2n) is 7.54. The Morgan fingerprint density at radius 2 is 1.91 bits per heavy atom. The summed E-state index contributed by atoms with van der Waals surface area (Å²) in [5.41, 5.74) is 2.28. The van der Waals surface area contributed by atoms with Crippen molar-refractivity contribution in [3.05, 3.63) is 103 Å². The highest BCUT2D eigenvalue weighted by atomic mass is 79.9. The number of aryl methyl sites for hydroxylation is 1. The van der Waals surface area contributed by atoms with Crippen molar-refractivity contribution in [1.29, 1.82) is 0 Å². The number of nitro groups is 1. The van der Waals surface area contributed by atoms with E-state index in [1.165, 1.54) is 37.5 Å². The lowest BCUT2D eigenvalue weighted by Crippen LogP contribution is -2.06. The van der Waals surface area contributed by atoms with E-state index in [9.17, 15) is 19.3 Å². The molecular weight excluding hydrogens is 523 g/mol. The van der Waals surface area contributed by atoms with Gasteiger partial charge in [0.25, 0.3) is 5.69 Å². The molecule has 0 saturated heterocycles. The quantitative estimate of drug-likeness (QED) is 0.164. The number of nitrogens with zero attached hydrogens (tertiary/aromatic N) is 2. The predicted octanol–water partition coefficient (Wildman–Crippen LogP) is 5.74. The molecule has 0 radical (unpaired) electrons. The first-order valence-corrected chi connectivity index (χ1v) is 11.1. The van der Waals surface area contributed by atoms with Crippen molar-refractivity contribution < 1.29 is 28.3 Å². The van der Waals surface area contributed by atoms with Gasteiger partial charge in [0, 0.05) is 17.2 Å². The summed E-state index contributed by atoms with van der Waals surface area (Å²) in [6.07, 6.45) is 1.53. The average molecular weight is 541 g/mol. The van der Waals surface area contributed by atoms with Crippen LogP contribution < -0.4 is 9.47 Å². The Kier molecular flexibility index (Phi) is 6.92. The van der Waals surface area contributed by atoms with Crippen molar-refractivity contribution >= 4 is 39.6 Å². The Morgan fingerprint density at radius 3 is 2.57 bits per heavy atom. The van der Waals surface area contributed by atoms with Crippen molar-refractivity contribution in [3.63, 3.8) is 0 Å². The smallest absolute Gasteiger partial charge is 0.363 e. The van der Waals surface area contributed by atoms with Gasteiger partial charge in [0.1, 0.15) is 12.4 Å². The molecule has 35 heavy (non-hydrogen) atoms. The van der Waals surface area contributed by atoms with Crippen LogP contribution in [0.1, 0.15) is 22.3 Å². The minimum Gasteiger partial charge on any atom is -0.493 e. The molecule has 3 aromatic carbocycles. The number of cyclic esters (lactones) is 1. The van der Waals surface area contributed by atoms with Crippen LogP contribution in [0, 0.1) is 22.9 Å². The standard InChI is InChI=1S/C25H18BrFN2O6/c1-14-9-17(5-8-21(14)29(31)32)24-28-20(25(30)35-24)11-16-10-19(26)23(22(12-16)33-2)34-13-15-3-6-18(27)7-4-15/h3-12H,13H2,1-2H3/b20-11-. The fourth-order valence-corrected chi connectivity index (χ4v) is 3.96. The van der Waals surface area contributed by atoms with Crippen LogP contribution in [0.4, 0.5) is 10.1 Å². The summed E-state index contributed by atoms with van der Waals surface area (Å²) >= 11 is 3.46. The molecule has 10 heteroatoms. The number of benzene rings is 3. The molecule has 0 aromatic heterocycles. The Bertz CT molecular complexity index is 1390. The number of carbonyl (C=O) groups is 1. The van der Waals surface area contributed by atoms with Gasteiger partial charge in [-0.3, -0.25) is 10.1 Å². The molecule has 0 N–H and O–H groups in total. The first-order valence-electron chi connectivity index (χ1n) is 10.3. The second kappa shape index (κ2) is 10.1. The predicted molar refractivity (Wildman–Crippen MR) is 130 cm³/mol. The topological polar surface area (TPSA) is 100 Å². The molecule has 0 unspecified atom stereocenters. The van der Waals surface area contributed by atoms with Gasteiger partial charge in [-0.2, -0.15) is 0 Å². The third-order valence-corrected chi connectivity index (χ3v) is 5.70. The number of hydrogen-bond acceptors (Lipinski definition) is 7. The Morgan fingerprint density at radius 1 is 1.17 bits per heavy atom. The molecule has 1 heterocycles. The molecule has 178 valence electrons. The van der Waals surface area contributed by atoms with Gasteiger partial charge < -0.3 is 14.2 Å². The molecule has 4 rings (SSSR count). The summed E-state index contributed by atoms with van der Waals surface area (Å²) in [5.74, 6) is -0.0643. The largest absolute Gasteiger partial charge is 0.493 e. The molecule has 0 atom stereocenters. The maximum Gasteiger partial charge on any atom is 0.363 e. The summed E-state index contributed by atoms with van der Waals surface area (Å²) in [4.78, 5) is 27.2. The van der Waals surface area contributed by atoms with Gasteiger partial charge in [-0.05, 0) is 76.5 Å². The Labute approximate surface area is 207 Å². The van der Waals surface area contributed by atoms with Crippen LogP contribution in [-0.4, -0.2) is 23.9 Å². The first-order chi connectivity index (χ1) is 16.7. The Balaban J connectivity index is 1.58. The van der Waals surface area contributed by atoms with E-state index in [0.29, 0.717) is 32.7 Å². The zero-order valence-electron chi connectivity index (χ0n) is 18.6. The van der Waals surface area contributed by atoms with Crippen LogP contribution >= 0.6 is 15.9 Å². The van der Waals surface area contributed by atoms with Gasteiger partial charge in [0.15, 0.2) is 17.2 Å². The van der Waals surface area contributed by atoms with Crippen molar-refractivity contribution in [2.45, 2.75) is 13.5 Å². The molecule has 3 aromatic rings. The highest BCUT2D eigenvalue weighted by Gasteiger charge is 2.25. The van der Waals surface area contributed by atoms with Crippen molar-refractivity contribution in [3.8, 4) is 11.5 Å². The summed E-state index contributed by atoms with van der Waals surface area (Å²) < 4.78 is 30.3. The number of halogens is 2. The van der Waals surface area contributed by atoms with Gasteiger partial charge >= 0.3 is 5.97 Å². The van der Waals surface area contributed by atoms with Crippen LogP contribution in [0.5, 0.6) is 11.5 Å². The highest BCUT2D eigenvalue weighted by Crippen LogP contribution is 2.38. The third-order valence-electron chi connectivity index (χ3n) is 5.11. The summed E-state index contributed by atoms with van der Waals surface area (Å²) in [6, 6.07) is 13.7. The Hall–Kier alpha value is -4.05. The molecule has 0 bridgehead atoms. The molecular formula is C25H18BrFN2O6. The van der Waals surface area contributed by atoms with Gasteiger partial charge in [-0.15, -0.1) is 0 Å². The molecule has 1 aliphatic heterocycles. The zero-order valence-corrected chi connectivity index (χ0v) is 20.2. The number of carbonyl (C=O) groups excluding carboxylic acids is 1. The van der Waals surface area contributed by atoms with E-state index in [1.54, 1.807) is 37.3 Å². The van der Waals surface area contributed by atoms with Crippen LogP contribution in [0.25, 0.3) is 6.08 Å². The molecule has 0 spiro atoms. The first kappa shape index (κ1) is 24.1. The minimum absolute atomic E-state index is 0.0341. The van der Waals surface area contributed by atoms with Gasteiger partial charge in [-0.25, -0.2) is 14.2 Å². The number of esters is 1. The number of ether oxygens (including phenoxy) is 3.